The molecule has 1 aliphatic rings. The van der Waals surface area contributed by atoms with Gasteiger partial charge in [0.2, 0.25) is 0 Å². The summed E-state index contributed by atoms with van der Waals surface area (Å²) < 4.78 is 5.17. The molecule has 0 bridgehead atoms. The Morgan fingerprint density at radius 3 is 2.21 bits per heavy atom. The van der Waals surface area contributed by atoms with Crippen LogP contribution in [-0.2, 0) is 9.53 Å². The molecular weight excluding hydrogens is 246 g/mol. The maximum Gasteiger partial charge on any atom is 0.408 e. The van der Waals surface area contributed by atoms with E-state index in [1.165, 1.54) is 0 Å². The molecule has 1 aliphatic carbocycles. The Bertz CT molecular complexity index is 370. The van der Waals surface area contributed by atoms with Crippen molar-refractivity contribution in [2.75, 3.05) is 0 Å². The third kappa shape index (κ3) is 4.40. The van der Waals surface area contributed by atoms with Gasteiger partial charge in [0, 0.05) is 0 Å². The lowest BCUT2D eigenvalue weighted by Crippen LogP contribution is -2.59. The smallest absolute Gasteiger partial charge is 0.408 e. The molecule has 1 rings (SSSR count). The molecule has 5 nitrogen and oxygen atoms in total. The van der Waals surface area contributed by atoms with Crippen LogP contribution in [0.25, 0.3) is 0 Å². The lowest BCUT2D eigenvalue weighted by Gasteiger charge is -2.42. The normalized spacial score (nSPS) is 26.6. The number of hydrogen-bond donors (Lipinski definition) is 2. The summed E-state index contributed by atoms with van der Waals surface area (Å²) in [5, 5.41) is 12.1. The summed E-state index contributed by atoms with van der Waals surface area (Å²) in [6.07, 6.45) is 1.97. The average Bonchev–Trinajstić information content (AvgIpc) is 2.11. The van der Waals surface area contributed by atoms with Crippen LogP contribution in [0.3, 0.4) is 0 Å². The number of rotatable bonds is 2. The fourth-order valence-electron chi connectivity index (χ4n) is 2.70. The summed E-state index contributed by atoms with van der Waals surface area (Å²) >= 11 is 0. The maximum atomic E-state index is 11.9. The number of aliphatic carboxylic acids is 1. The van der Waals surface area contributed by atoms with Crippen LogP contribution in [0.4, 0.5) is 4.79 Å². The highest BCUT2D eigenvalue weighted by Gasteiger charge is 2.47. The number of nitrogens with one attached hydrogen (secondary N) is 1. The summed E-state index contributed by atoms with van der Waals surface area (Å²) in [4.78, 5) is 23.4. The van der Waals surface area contributed by atoms with Crippen molar-refractivity contribution in [3.8, 4) is 0 Å². The van der Waals surface area contributed by atoms with Gasteiger partial charge >= 0.3 is 12.1 Å². The molecule has 0 heterocycles. The third-order valence-electron chi connectivity index (χ3n) is 3.39. The van der Waals surface area contributed by atoms with Crippen LogP contribution < -0.4 is 5.32 Å². The molecule has 1 saturated carbocycles. The molecule has 0 aromatic heterocycles. The van der Waals surface area contributed by atoms with Gasteiger partial charge in [-0.15, -0.1) is 0 Å². The highest BCUT2D eigenvalue weighted by Crippen LogP contribution is 2.41. The molecule has 0 saturated heterocycles. The second kappa shape index (κ2) is 5.02. The number of alkyl carbamates (subject to hydrolysis) is 1. The van der Waals surface area contributed by atoms with Gasteiger partial charge in [0.25, 0.3) is 0 Å². The molecule has 1 fully saturated rings. The van der Waals surface area contributed by atoms with Crippen LogP contribution in [0.5, 0.6) is 0 Å². The zero-order valence-electron chi connectivity index (χ0n) is 12.5. The van der Waals surface area contributed by atoms with Crippen molar-refractivity contribution in [3.05, 3.63) is 0 Å². The van der Waals surface area contributed by atoms with Gasteiger partial charge in [-0.05, 0) is 51.9 Å². The fourth-order valence-corrected chi connectivity index (χ4v) is 2.70. The molecule has 19 heavy (non-hydrogen) atoms. The van der Waals surface area contributed by atoms with Gasteiger partial charge < -0.3 is 15.2 Å². The molecule has 1 amide bonds. The van der Waals surface area contributed by atoms with E-state index >= 15 is 0 Å². The minimum Gasteiger partial charge on any atom is -0.480 e. The number of amides is 1. The van der Waals surface area contributed by atoms with E-state index in [9.17, 15) is 14.7 Å². The van der Waals surface area contributed by atoms with Gasteiger partial charge in [-0.2, -0.15) is 0 Å². The number of carboxylic acid groups (broad SMARTS) is 1. The quantitative estimate of drug-likeness (QED) is 0.809. The van der Waals surface area contributed by atoms with Gasteiger partial charge in [-0.1, -0.05) is 13.8 Å². The molecule has 0 spiro atoms. The molecule has 5 heteroatoms. The lowest BCUT2D eigenvalue weighted by molar-refractivity contribution is -0.148. The molecule has 0 aliphatic heterocycles. The van der Waals surface area contributed by atoms with Gasteiger partial charge in [0.15, 0.2) is 0 Å². The summed E-state index contributed by atoms with van der Waals surface area (Å²) in [5.41, 5.74) is -1.93. The number of carbonyl (C=O) groups is 2. The molecule has 1 atom stereocenters. The predicted molar refractivity (Wildman–Crippen MR) is 72.0 cm³/mol. The van der Waals surface area contributed by atoms with Crippen molar-refractivity contribution in [3.63, 3.8) is 0 Å². The van der Waals surface area contributed by atoms with E-state index in [1.807, 2.05) is 13.8 Å². The molecule has 110 valence electrons. The van der Waals surface area contributed by atoms with Gasteiger partial charge in [0.05, 0.1) is 0 Å². The second-order valence-corrected chi connectivity index (χ2v) is 7.21. The van der Waals surface area contributed by atoms with Crippen LogP contribution in [0.2, 0.25) is 0 Å². The standard InChI is InChI=1S/C14H25NO4/c1-12(2,3)19-11(18)15-14(10(16)17)8-6-7-13(4,5)9-14/h6-9H2,1-5H3,(H,15,18)(H,16,17)/t14-/m1/s1. The van der Waals surface area contributed by atoms with Gasteiger partial charge in [0.1, 0.15) is 11.1 Å². The maximum absolute atomic E-state index is 11.9. The summed E-state index contributed by atoms with van der Waals surface area (Å²) in [5.74, 6) is -0.980. The first-order chi connectivity index (χ1) is 8.46. The van der Waals surface area contributed by atoms with Crippen molar-refractivity contribution in [1.29, 1.82) is 0 Å². The Labute approximate surface area is 114 Å². The van der Waals surface area contributed by atoms with Crippen LogP contribution in [0.1, 0.15) is 60.3 Å². The van der Waals surface area contributed by atoms with Gasteiger partial charge in [-0.25, -0.2) is 9.59 Å². The molecule has 0 radical (unpaired) electrons. The van der Waals surface area contributed by atoms with Crippen molar-refractivity contribution >= 4 is 12.1 Å². The van der Waals surface area contributed by atoms with Gasteiger partial charge in [-0.3, -0.25) is 0 Å². The number of ether oxygens (including phenoxy) is 1. The average molecular weight is 271 g/mol. The lowest BCUT2D eigenvalue weighted by atomic mass is 9.68. The fraction of sp³-hybridized carbons (Fsp3) is 0.857. The van der Waals surface area contributed by atoms with E-state index in [-0.39, 0.29) is 5.41 Å². The minimum absolute atomic E-state index is 0.0916. The topological polar surface area (TPSA) is 75.6 Å². The van der Waals surface area contributed by atoms with Crippen LogP contribution in [0.15, 0.2) is 0 Å². The van der Waals surface area contributed by atoms with Crippen LogP contribution in [-0.4, -0.2) is 28.3 Å². The zero-order chi connectivity index (χ0) is 14.9. The predicted octanol–water partition coefficient (Wildman–Crippen LogP) is 2.93. The third-order valence-corrected chi connectivity index (χ3v) is 3.39. The number of carbonyl (C=O) groups excluding carboxylic acids is 1. The van der Waals surface area contributed by atoms with E-state index in [0.717, 1.165) is 12.8 Å². The zero-order valence-corrected chi connectivity index (χ0v) is 12.5. The first-order valence-corrected chi connectivity index (χ1v) is 6.70. The van der Waals surface area contributed by atoms with E-state index in [4.69, 9.17) is 4.74 Å². The summed E-state index contributed by atoms with van der Waals surface area (Å²) in [6.45, 7) is 9.32. The number of hydrogen-bond acceptors (Lipinski definition) is 3. The van der Waals surface area contributed by atoms with E-state index in [0.29, 0.717) is 12.8 Å². The monoisotopic (exact) mass is 271 g/mol. The molecule has 0 unspecified atom stereocenters. The highest BCUT2D eigenvalue weighted by molar-refractivity contribution is 5.84. The second-order valence-electron chi connectivity index (χ2n) is 7.21. The first-order valence-electron chi connectivity index (χ1n) is 6.70. The highest BCUT2D eigenvalue weighted by atomic mass is 16.6. The van der Waals surface area contributed by atoms with Crippen molar-refractivity contribution in [1.82, 2.24) is 5.32 Å². The van der Waals surface area contributed by atoms with Crippen molar-refractivity contribution < 1.29 is 19.4 Å². The Hall–Kier alpha value is -1.26. The van der Waals surface area contributed by atoms with Crippen molar-refractivity contribution in [2.45, 2.75) is 71.4 Å². The Morgan fingerprint density at radius 1 is 1.21 bits per heavy atom. The summed E-state index contributed by atoms with van der Waals surface area (Å²) in [7, 11) is 0. The minimum atomic E-state index is -1.20. The Kier molecular flexibility index (Phi) is 4.17. The van der Waals surface area contributed by atoms with E-state index in [1.54, 1.807) is 20.8 Å². The molecular formula is C14H25NO4. The van der Waals surface area contributed by atoms with Crippen LogP contribution >= 0.6 is 0 Å². The SMILES string of the molecule is CC1(C)CCC[C@](NC(=O)OC(C)(C)C)(C(=O)O)C1. The first kappa shape index (κ1) is 15.8. The van der Waals surface area contributed by atoms with E-state index < -0.39 is 23.2 Å². The number of carboxylic acids is 1. The molecule has 2 N–H and O–H groups in total. The Balaban J connectivity index is 2.84. The largest absolute Gasteiger partial charge is 0.480 e. The summed E-state index contributed by atoms with van der Waals surface area (Å²) in [6, 6.07) is 0. The molecule has 0 aromatic rings. The molecule has 0 aromatic carbocycles. The Morgan fingerprint density at radius 2 is 1.79 bits per heavy atom. The van der Waals surface area contributed by atoms with Crippen molar-refractivity contribution in [2.24, 2.45) is 5.41 Å². The van der Waals surface area contributed by atoms with E-state index in [2.05, 4.69) is 5.32 Å². The van der Waals surface area contributed by atoms with Crippen LogP contribution in [0, 0.1) is 5.41 Å².